The fourth-order valence-corrected chi connectivity index (χ4v) is 4.24. The number of nitriles is 1. The Morgan fingerprint density at radius 2 is 2.03 bits per heavy atom. The molecule has 10 heteroatoms. The van der Waals surface area contributed by atoms with Gasteiger partial charge >= 0.3 is 0 Å². The maximum atomic E-state index is 12.7. The molecule has 1 atom stereocenters. The van der Waals surface area contributed by atoms with Gasteiger partial charge in [0.25, 0.3) is 0 Å². The summed E-state index contributed by atoms with van der Waals surface area (Å²) in [7, 11) is 1.65. The fraction of sp³-hybridized carbons (Fsp3) is 0.273. The molecule has 0 fully saturated rings. The molecular weight excluding hydrogens is 469 g/mol. The van der Waals surface area contributed by atoms with Gasteiger partial charge in [-0.05, 0) is 43.7 Å². The van der Waals surface area contributed by atoms with Crippen molar-refractivity contribution in [3.63, 3.8) is 0 Å². The van der Waals surface area contributed by atoms with Gasteiger partial charge in [0.15, 0.2) is 11.0 Å². The third-order valence-electron chi connectivity index (χ3n) is 4.57. The molecule has 3 aromatic rings. The van der Waals surface area contributed by atoms with Crippen LogP contribution in [0.15, 0.2) is 47.6 Å². The Hall–Kier alpha value is -2.57. The van der Waals surface area contributed by atoms with Crippen LogP contribution in [0.4, 0.5) is 5.69 Å². The van der Waals surface area contributed by atoms with Crippen LogP contribution in [0, 0.1) is 11.3 Å². The van der Waals surface area contributed by atoms with Crippen molar-refractivity contribution in [1.29, 1.82) is 5.26 Å². The molecule has 0 aliphatic heterocycles. The first-order chi connectivity index (χ1) is 15.4. The highest BCUT2D eigenvalue weighted by molar-refractivity contribution is 8.00. The molecule has 0 saturated heterocycles. The van der Waals surface area contributed by atoms with E-state index in [1.807, 2.05) is 28.8 Å². The average Bonchev–Trinajstić information content (AvgIpc) is 3.16. The van der Waals surface area contributed by atoms with Crippen LogP contribution in [-0.2, 0) is 16.1 Å². The van der Waals surface area contributed by atoms with E-state index in [1.165, 1.54) is 11.8 Å². The molecule has 32 heavy (non-hydrogen) atoms. The van der Waals surface area contributed by atoms with Gasteiger partial charge in [-0.2, -0.15) is 5.26 Å². The van der Waals surface area contributed by atoms with Crippen LogP contribution in [-0.4, -0.2) is 39.6 Å². The Labute approximate surface area is 200 Å². The maximum Gasteiger partial charge on any atom is 0.237 e. The Morgan fingerprint density at radius 1 is 1.25 bits per heavy atom. The molecule has 1 amide bonds. The number of benzene rings is 2. The largest absolute Gasteiger partial charge is 0.385 e. The Kier molecular flexibility index (Phi) is 8.53. The molecule has 0 aliphatic rings. The van der Waals surface area contributed by atoms with E-state index < -0.39 is 5.25 Å². The summed E-state index contributed by atoms with van der Waals surface area (Å²) in [5.74, 6) is 0.419. The molecule has 166 valence electrons. The number of rotatable bonds is 9. The third kappa shape index (κ3) is 5.81. The zero-order valence-electron chi connectivity index (χ0n) is 17.5. The van der Waals surface area contributed by atoms with Crippen LogP contribution in [0.3, 0.4) is 0 Å². The maximum absolute atomic E-state index is 12.7. The van der Waals surface area contributed by atoms with Gasteiger partial charge in [0.2, 0.25) is 5.91 Å². The molecule has 0 bridgehead atoms. The summed E-state index contributed by atoms with van der Waals surface area (Å²) in [4.78, 5) is 12.7. The number of ether oxygens (including phenoxy) is 1. The standard InChI is InChI=1S/C22H21Cl2N5O2S/c1-14(21(30)26-16-9-8-15(13-25)19(24)12-16)32-22-28-27-20(29(22)10-5-11-31-2)17-6-3-4-7-18(17)23/h3-4,6-9,12,14H,5,10-11H2,1-2H3,(H,26,30). The lowest BCUT2D eigenvalue weighted by atomic mass is 10.2. The van der Waals surface area contributed by atoms with Gasteiger partial charge < -0.3 is 14.6 Å². The smallest absolute Gasteiger partial charge is 0.237 e. The number of hydrogen-bond donors (Lipinski definition) is 1. The lowest BCUT2D eigenvalue weighted by Gasteiger charge is -2.14. The number of carbonyl (C=O) groups excluding carboxylic acids is 1. The monoisotopic (exact) mass is 489 g/mol. The number of thioether (sulfide) groups is 1. The Balaban J connectivity index is 1.79. The number of methoxy groups -OCH3 is 1. The SMILES string of the molecule is COCCCn1c(SC(C)C(=O)Nc2ccc(C#N)c(Cl)c2)nnc1-c1ccccc1Cl. The van der Waals surface area contributed by atoms with Crippen molar-refractivity contribution in [3.8, 4) is 17.5 Å². The number of anilines is 1. The lowest BCUT2D eigenvalue weighted by Crippen LogP contribution is -2.23. The Bertz CT molecular complexity index is 1150. The molecule has 1 N–H and O–H groups in total. The number of nitrogens with one attached hydrogen (secondary N) is 1. The van der Waals surface area contributed by atoms with Crippen LogP contribution in [0.1, 0.15) is 18.9 Å². The first-order valence-electron chi connectivity index (χ1n) is 9.78. The number of halogens is 2. The highest BCUT2D eigenvalue weighted by Crippen LogP contribution is 2.31. The molecule has 3 rings (SSSR count). The van der Waals surface area contributed by atoms with Gasteiger partial charge in [0, 0.05) is 31.5 Å². The van der Waals surface area contributed by atoms with Crippen LogP contribution in [0.5, 0.6) is 0 Å². The van der Waals surface area contributed by atoms with Gasteiger partial charge in [0.1, 0.15) is 6.07 Å². The highest BCUT2D eigenvalue weighted by atomic mass is 35.5. The zero-order chi connectivity index (χ0) is 23.1. The molecule has 2 aromatic carbocycles. The normalized spacial score (nSPS) is 11.7. The molecule has 7 nitrogen and oxygen atoms in total. The first kappa shape index (κ1) is 24.1. The fourth-order valence-electron chi connectivity index (χ4n) is 2.93. The molecule has 1 heterocycles. The summed E-state index contributed by atoms with van der Waals surface area (Å²) in [6.07, 6.45) is 0.754. The predicted octanol–water partition coefficient (Wildman–Crippen LogP) is 5.28. The molecule has 0 aliphatic carbocycles. The number of carbonyl (C=O) groups is 1. The summed E-state index contributed by atoms with van der Waals surface area (Å²) >= 11 is 13.7. The molecule has 1 aromatic heterocycles. The van der Waals surface area contributed by atoms with E-state index in [1.54, 1.807) is 38.3 Å². The topological polar surface area (TPSA) is 92.8 Å². The number of aromatic nitrogens is 3. The Morgan fingerprint density at radius 3 is 2.72 bits per heavy atom. The molecular formula is C22H21Cl2N5O2S. The second-order valence-electron chi connectivity index (χ2n) is 6.84. The summed E-state index contributed by atoms with van der Waals surface area (Å²) in [5, 5.41) is 21.5. The van der Waals surface area contributed by atoms with Crippen molar-refractivity contribution in [2.75, 3.05) is 19.0 Å². The van der Waals surface area contributed by atoms with Crippen LogP contribution >= 0.6 is 35.0 Å². The van der Waals surface area contributed by atoms with Gasteiger partial charge in [-0.15, -0.1) is 10.2 Å². The van der Waals surface area contributed by atoms with Gasteiger partial charge in [-0.25, -0.2) is 0 Å². The van der Waals surface area contributed by atoms with E-state index in [-0.39, 0.29) is 10.9 Å². The second kappa shape index (κ2) is 11.3. The van der Waals surface area contributed by atoms with Crippen LogP contribution in [0.25, 0.3) is 11.4 Å². The van der Waals surface area contributed by atoms with Crippen LogP contribution < -0.4 is 5.32 Å². The predicted molar refractivity (Wildman–Crippen MR) is 127 cm³/mol. The quantitative estimate of drug-likeness (QED) is 0.324. The minimum Gasteiger partial charge on any atom is -0.385 e. The van der Waals surface area contributed by atoms with Gasteiger partial charge in [-0.3, -0.25) is 4.79 Å². The van der Waals surface area contributed by atoms with E-state index >= 15 is 0 Å². The van der Waals surface area contributed by atoms with Crippen molar-refractivity contribution in [3.05, 3.63) is 58.1 Å². The molecule has 0 saturated carbocycles. The van der Waals surface area contributed by atoms with Crippen molar-refractivity contribution in [1.82, 2.24) is 14.8 Å². The van der Waals surface area contributed by atoms with Gasteiger partial charge in [0.05, 0.1) is 20.9 Å². The number of hydrogen-bond acceptors (Lipinski definition) is 6. The minimum absolute atomic E-state index is 0.221. The van der Waals surface area contributed by atoms with E-state index in [2.05, 4.69) is 15.5 Å². The summed E-state index contributed by atoms with van der Waals surface area (Å²) < 4.78 is 7.13. The van der Waals surface area contributed by atoms with E-state index in [0.29, 0.717) is 40.4 Å². The van der Waals surface area contributed by atoms with Crippen molar-refractivity contribution < 1.29 is 9.53 Å². The molecule has 0 spiro atoms. The highest BCUT2D eigenvalue weighted by Gasteiger charge is 2.22. The first-order valence-corrected chi connectivity index (χ1v) is 11.4. The van der Waals surface area contributed by atoms with Gasteiger partial charge in [-0.1, -0.05) is 47.1 Å². The van der Waals surface area contributed by atoms with E-state index in [0.717, 1.165) is 12.0 Å². The van der Waals surface area contributed by atoms with E-state index in [4.69, 9.17) is 33.2 Å². The second-order valence-corrected chi connectivity index (χ2v) is 8.96. The summed E-state index contributed by atoms with van der Waals surface area (Å²) in [5.41, 5.74) is 1.64. The van der Waals surface area contributed by atoms with Crippen molar-refractivity contribution in [2.45, 2.75) is 30.3 Å². The number of nitrogens with zero attached hydrogens (tertiary/aromatic N) is 4. The van der Waals surface area contributed by atoms with Crippen molar-refractivity contribution >= 4 is 46.6 Å². The van der Waals surface area contributed by atoms with Crippen molar-refractivity contribution in [2.24, 2.45) is 0 Å². The third-order valence-corrected chi connectivity index (χ3v) is 6.29. The van der Waals surface area contributed by atoms with Crippen LogP contribution in [0.2, 0.25) is 10.0 Å². The lowest BCUT2D eigenvalue weighted by molar-refractivity contribution is -0.115. The summed E-state index contributed by atoms with van der Waals surface area (Å²) in [6, 6.07) is 14.2. The van der Waals surface area contributed by atoms with E-state index in [9.17, 15) is 4.79 Å². The number of amides is 1. The molecule has 0 radical (unpaired) electrons. The zero-order valence-corrected chi connectivity index (χ0v) is 19.8. The minimum atomic E-state index is -0.464. The average molecular weight is 490 g/mol. The molecule has 1 unspecified atom stereocenters. The summed E-state index contributed by atoms with van der Waals surface area (Å²) in [6.45, 7) is 2.98.